The number of hydrogen-bond donors (Lipinski definition) is 0. The Balaban J connectivity index is 1.39. The number of ether oxygens (including phenoxy) is 1. The van der Waals surface area contributed by atoms with Crippen LogP contribution in [-0.2, 0) is 17.8 Å². The lowest BCUT2D eigenvalue weighted by atomic mass is 9.96. The maximum atomic E-state index is 12.3. The lowest BCUT2D eigenvalue weighted by Crippen LogP contribution is -2.40. The van der Waals surface area contributed by atoms with Crippen LogP contribution in [0.4, 0.5) is 0 Å². The Morgan fingerprint density at radius 2 is 2.07 bits per heavy atom. The number of amides is 1. The van der Waals surface area contributed by atoms with E-state index in [9.17, 15) is 4.79 Å². The fourth-order valence-electron chi connectivity index (χ4n) is 3.58. The number of aromatic nitrogens is 4. The molecule has 1 saturated heterocycles. The number of likely N-dealkylation sites (tertiary alicyclic amines) is 1. The molecule has 1 aromatic carbocycles. The average Bonchev–Trinajstić information content (AvgIpc) is 3.20. The van der Waals surface area contributed by atoms with Gasteiger partial charge in [-0.3, -0.25) is 4.79 Å². The highest BCUT2D eigenvalue weighted by Gasteiger charge is 2.22. The minimum atomic E-state index is 0.0425. The van der Waals surface area contributed by atoms with Crippen LogP contribution in [0.25, 0.3) is 0 Å². The number of likely N-dealkylation sites (N-methyl/N-ethyl adjacent to an activating group) is 1. The van der Waals surface area contributed by atoms with Gasteiger partial charge < -0.3 is 14.5 Å². The van der Waals surface area contributed by atoms with Crippen molar-refractivity contribution >= 4 is 5.91 Å². The molecular formula is C19H28N6O2. The van der Waals surface area contributed by atoms with Gasteiger partial charge in [-0.05, 0) is 60.3 Å². The van der Waals surface area contributed by atoms with Crippen LogP contribution < -0.4 is 4.74 Å². The molecule has 2 heterocycles. The molecular weight excluding hydrogens is 344 g/mol. The molecule has 0 bridgehead atoms. The molecule has 0 radical (unpaired) electrons. The van der Waals surface area contributed by atoms with Gasteiger partial charge >= 0.3 is 0 Å². The Morgan fingerprint density at radius 3 is 2.78 bits per heavy atom. The van der Waals surface area contributed by atoms with E-state index >= 15 is 0 Å². The molecule has 1 aliphatic heterocycles. The molecule has 1 aliphatic rings. The summed E-state index contributed by atoms with van der Waals surface area (Å²) in [5.41, 5.74) is 1.26. The summed E-state index contributed by atoms with van der Waals surface area (Å²) < 4.78 is 6.89. The Bertz CT molecular complexity index is 713. The van der Waals surface area contributed by atoms with E-state index in [2.05, 4.69) is 32.6 Å². The molecule has 27 heavy (non-hydrogen) atoms. The van der Waals surface area contributed by atoms with Gasteiger partial charge in [0.1, 0.15) is 18.6 Å². The number of piperidine rings is 1. The van der Waals surface area contributed by atoms with E-state index in [0.717, 1.165) is 51.2 Å². The highest BCUT2D eigenvalue weighted by molar-refractivity contribution is 5.75. The summed E-state index contributed by atoms with van der Waals surface area (Å²) in [5, 5.41) is 10.9. The second-order valence-corrected chi connectivity index (χ2v) is 7.13. The Hall–Kier alpha value is -2.48. The summed E-state index contributed by atoms with van der Waals surface area (Å²) in [4.78, 5) is 16.6. The minimum Gasteiger partial charge on any atom is -0.496 e. The van der Waals surface area contributed by atoms with E-state index in [1.54, 1.807) is 12.0 Å². The van der Waals surface area contributed by atoms with E-state index in [-0.39, 0.29) is 12.5 Å². The second kappa shape index (κ2) is 9.45. The van der Waals surface area contributed by atoms with Crippen LogP contribution in [0.2, 0.25) is 0 Å². The second-order valence-electron chi connectivity index (χ2n) is 7.13. The first-order valence-corrected chi connectivity index (χ1v) is 9.44. The van der Waals surface area contributed by atoms with Crippen LogP contribution in [0, 0.1) is 5.92 Å². The van der Waals surface area contributed by atoms with Crippen LogP contribution in [0.3, 0.4) is 0 Å². The van der Waals surface area contributed by atoms with Crippen LogP contribution in [0.1, 0.15) is 18.4 Å². The Labute approximate surface area is 160 Å². The quantitative estimate of drug-likeness (QED) is 0.691. The topological polar surface area (TPSA) is 76.4 Å². The van der Waals surface area contributed by atoms with Gasteiger partial charge in [0.2, 0.25) is 5.91 Å². The van der Waals surface area contributed by atoms with Crippen molar-refractivity contribution in [2.24, 2.45) is 5.92 Å². The van der Waals surface area contributed by atoms with Crippen LogP contribution in [0.5, 0.6) is 5.75 Å². The molecule has 2 aromatic rings. The average molecular weight is 372 g/mol. The number of rotatable bonds is 8. The van der Waals surface area contributed by atoms with Crippen LogP contribution in [-0.4, -0.2) is 76.3 Å². The third kappa shape index (κ3) is 5.50. The zero-order chi connectivity index (χ0) is 19.1. The molecule has 0 aliphatic carbocycles. The van der Waals surface area contributed by atoms with Crippen molar-refractivity contribution in [3.63, 3.8) is 0 Å². The van der Waals surface area contributed by atoms with Gasteiger partial charge in [-0.25, -0.2) is 4.68 Å². The van der Waals surface area contributed by atoms with E-state index in [1.165, 1.54) is 16.6 Å². The molecule has 0 atom stereocenters. The lowest BCUT2D eigenvalue weighted by Gasteiger charge is -2.34. The predicted octanol–water partition coefficient (Wildman–Crippen LogP) is 1.09. The normalized spacial score (nSPS) is 15.6. The maximum Gasteiger partial charge on any atom is 0.244 e. The highest BCUT2D eigenvalue weighted by Crippen LogP contribution is 2.21. The molecule has 8 nitrogen and oxygen atoms in total. The van der Waals surface area contributed by atoms with Crippen molar-refractivity contribution in [2.45, 2.75) is 25.8 Å². The highest BCUT2D eigenvalue weighted by atomic mass is 16.5. The smallest absolute Gasteiger partial charge is 0.244 e. The molecule has 0 spiro atoms. The molecule has 0 N–H and O–H groups in total. The first-order valence-electron chi connectivity index (χ1n) is 9.44. The SMILES string of the molecule is COc1ccccc1CCN1CCC(CN(C)C(=O)Cn2cnnn2)CC1. The summed E-state index contributed by atoms with van der Waals surface area (Å²) in [5.74, 6) is 1.56. The number of nitrogens with zero attached hydrogens (tertiary/aromatic N) is 6. The largest absolute Gasteiger partial charge is 0.496 e. The number of tetrazole rings is 1. The van der Waals surface area contributed by atoms with Crippen molar-refractivity contribution in [1.82, 2.24) is 30.0 Å². The summed E-state index contributed by atoms with van der Waals surface area (Å²) >= 11 is 0. The first kappa shape index (κ1) is 19.3. The molecule has 1 fully saturated rings. The zero-order valence-corrected chi connectivity index (χ0v) is 16.1. The number of carbonyl (C=O) groups excluding carboxylic acids is 1. The summed E-state index contributed by atoms with van der Waals surface area (Å²) in [6, 6.07) is 8.22. The van der Waals surface area contributed by atoms with Crippen molar-refractivity contribution in [3.05, 3.63) is 36.2 Å². The maximum absolute atomic E-state index is 12.3. The van der Waals surface area contributed by atoms with Gasteiger partial charge in [0.25, 0.3) is 0 Å². The molecule has 146 valence electrons. The number of benzene rings is 1. The molecule has 0 unspecified atom stereocenters. The fraction of sp³-hybridized carbons (Fsp3) is 0.579. The minimum absolute atomic E-state index is 0.0425. The Morgan fingerprint density at radius 1 is 1.30 bits per heavy atom. The van der Waals surface area contributed by atoms with Gasteiger partial charge in [0.05, 0.1) is 7.11 Å². The van der Waals surface area contributed by atoms with Crippen molar-refractivity contribution in [2.75, 3.05) is 40.3 Å². The molecule has 1 amide bonds. The van der Waals surface area contributed by atoms with E-state index < -0.39 is 0 Å². The van der Waals surface area contributed by atoms with E-state index in [0.29, 0.717) is 5.92 Å². The monoisotopic (exact) mass is 372 g/mol. The molecule has 3 rings (SSSR count). The third-order valence-corrected chi connectivity index (χ3v) is 5.24. The molecule has 8 heteroatoms. The zero-order valence-electron chi connectivity index (χ0n) is 16.1. The number of para-hydroxylation sites is 1. The fourth-order valence-corrected chi connectivity index (χ4v) is 3.58. The van der Waals surface area contributed by atoms with Crippen molar-refractivity contribution in [1.29, 1.82) is 0 Å². The number of carbonyl (C=O) groups is 1. The number of methoxy groups -OCH3 is 1. The Kier molecular flexibility index (Phi) is 6.75. The predicted molar refractivity (Wildman–Crippen MR) is 101 cm³/mol. The first-order chi connectivity index (χ1) is 13.2. The number of hydrogen-bond acceptors (Lipinski definition) is 6. The van der Waals surface area contributed by atoms with Crippen molar-refractivity contribution < 1.29 is 9.53 Å². The van der Waals surface area contributed by atoms with E-state index in [1.807, 2.05) is 19.2 Å². The van der Waals surface area contributed by atoms with Gasteiger partial charge in [-0.1, -0.05) is 18.2 Å². The van der Waals surface area contributed by atoms with Gasteiger partial charge in [0.15, 0.2) is 0 Å². The van der Waals surface area contributed by atoms with Crippen LogP contribution in [0.15, 0.2) is 30.6 Å². The summed E-state index contributed by atoms with van der Waals surface area (Å²) in [7, 11) is 3.59. The van der Waals surface area contributed by atoms with Gasteiger partial charge in [0, 0.05) is 20.1 Å². The molecule has 0 saturated carbocycles. The lowest BCUT2D eigenvalue weighted by molar-refractivity contribution is -0.131. The molecule has 1 aromatic heterocycles. The summed E-state index contributed by atoms with van der Waals surface area (Å²) in [6.45, 7) is 4.19. The van der Waals surface area contributed by atoms with Crippen LogP contribution >= 0.6 is 0 Å². The van der Waals surface area contributed by atoms with E-state index in [4.69, 9.17) is 4.74 Å². The third-order valence-electron chi connectivity index (χ3n) is 5.24. The van der Waals surface area contributed by atoms with Gasteiger partial charge in [-0.15, -0.1) is 5.10 Å². The summed E-state index contributed by atoms with van der Waals surface area (Å²) in [6.07, 6.45) is 4.70. The van der Waals surface area contributed by atoms with Gasteiger partial charge in [-0.2, -0.15) is 0 Å². The van der Waals surface area contributed by atoms with Crippen molar-refractivity contribution in [3.8, 4) is 5.75 Å². The standard InChI is InChI=1S/C19H28N6O2/c1-23(19(26)14-25-15-20-21-22-25)13-16-7-10-24(11-8-16)12-9-17-5-3-4-6-18(17)27-2/h3-6,15-16H,7-14H2,1-2H3.